The molecule has 196 valence electrons. The number of anilines is 1. The predicted molar refractivity (Wildman–Crippen MR) is 151 cm³/mol. The van der Waals surface area contributed by atoms with Crippen molar-refractivity contribution in [1.29, 1.82) is 0 Å². The summed E-state index contributed by atoms with van der Waals surface area (Å²) in [6.07, 6.45) is 2.17. The lowest BCUT2D eigenvalue weighted by Crippen LogP contribution is -2.52. The van der Waals surface area contributed by atoms with Gasteiger partial charge in [0.2, 0.25) is 21.8 Å². The van der Waals surface area contributed by atoms with Gasteiger partial charge < -0.3 is 10.2 Å². The van der Waals surface area contributed by atoms with Crippen LogP contribution in [0.3, 0.4) is 0 Å². The molecular formula is C28H32BrN3O4S. The molecule has 0 spiro atoms. The van der Waals surface area contributed by atoms with Gasteiger partial charge in [-0.05, 0) is 47.4 Å². The number of likely N-dealkylation sites (N-methyl/N-ethyl adjacent to an activating group) is 1. The molecule has 37 heavy (non-hydrogen) atoms. The number of amides is 2. The van der Waals surface area contributed by atoms with Crippen molar-refractivity contribution < 1.29 is 18.0 Å². The normalized spacial score (nSPS) is 12.0. The summed E-state index contributed by atoms with van der Waals surface area (Å²) in [5.41, 5.74) is 3.15. The molecule has 0 radical (unpaired) electrons. The van der Waals surface area contributed by atoms with E-state index in [2.05, 4.69) is 21.2 Å². The van der Waals surface area contributed by atoms with E-state index in [1.54, 1.807) is 12.1 Å². The van der Waals surface area contributed by atoms with E-state index in [1.165, 1.54) is 11.9 Å². The largest absolute Gasteiger partial charge is 0.357 e. The lowest BCUT2D eigenvalue weighted by molar-refractivity contribution is -0.139. The number of sulfonamides is 1. The summed E-state index contributed by atoms with van der Waals surface area (Å²) in [6, 6.07) is 23.2. The van der Waals surface area contributed by atoms with E-state index in [0.29, 0.717) is 5.69 Å². The quantitative estimate of drug-likeness (QED) is 0.366. The van der Waals surface area contributed by atoms with Crippen molar-refractivity contribution in [2.75, 3.05) is 24.2 Å². The van der Waals surface area contributed by atoms with Crippen molar-refractivity contribution in [1.82, 2.24) is 10.2 Å². The van der Waals surface area contributed by atoms with Crippen molar-refractivity contribution in [3.05, 3.63) is 100 Å². The molecule has 2 amide bonds. The number of hydrogen-bond acceptors (Lipinski definition) is 4. The minimum atomic E-state index is -3.78. The summed E-state index contributed by atoms with van der Waals surface area (Å²) in [5, 5.41) is 2.67. The van der Waals surface area contributed by atoms with E-state index in [9.17, 15) is 18.0 Å². The third-order valence-corrected chi connectivity index (χ3v) is 7.71. The van der Waals surface area contributed by atoms with Gasteiger partial charge in [0.1, 0.15) is 12.6 Å². The molecule has 0 saturated heterocycles. The molecule has 9 heteroatoms. The van der Waals surface area contributed by atoms with Crippen LogP contribution >= 0.6 is 15.9 Å². The first-order chi connectivity index (χ1) is 17.6. The molecule has 0 aliphatic carbocycles. The van der Waals surface area contributed by atoms with Gasteiger partial charge in [0.05, 0.1) is 11.9 Å². The molecule has 0 saturated carbocycles. The number of nitrogens with zero attached hydrogens (tertiary/aromatic N) is 2. The van der Waals surface area contributed by atoms with Crippen LogP contribution in [0.25, 0.3) is 0 Å². The highest BCUT2D eigenvalue weighted by Crippen LogP contribution is 2.22. The molecule has 0 fully saturated rings. The average Bonchev–Trinajstić information content (AvgIpc) is 2.88. The molecule has 3 rings (SSSR count). The maximum Gasteiger partial charge on any atom is 0.244 e. The van der Waals surface area contributed by atoms with Gasteiger partial charge in [0.15, 0.2) is 0 Å². The number of nitrogens with one attached hydrogen (secondary N) is 1. The Balaban J connectivity index is 2.01. The Morgan fingerprint density at radius 1 is 0.919 bits per heavy atom. The number of carbonyl (C=O) groups excluding carboxylic acids is 2. The van der Waals surface area contributed by atoms with E-state index in [0.717, 1.165) is 38.1 Å². The zero-order valence-electron chi connectivity index (χ0n) is 21.2. The maximum absolute atomic E-state index is 13.9. The van der Waals surface area contributed by atoms with Crippen molar-refractivity contribution in [3.8, 4) is 0 Å². The summed E-state index contributed by atoms with van der Waals surface area (Å²) in [6.45, 7) is 1.72. The van der Waals surface area contributed by atoms with Crippen LogP contribution in [0.5, 0.6) is 0 Å². The monoisotopic (exact) mass is 585 g/mol. The number of hydrogen-bond donors (Lipinski definition) is 1. The van der Waals surface area contributed by atoms with Gasteiger partial charge >= 0.3 is 0 Å². The zero-order valence-corrected chi connectivity index (χ0v) is 23.6. The maximum atomic E-state index is 13.9. The first-order valence-electron chi connectivity index (χ1n) is 12.0. The van der Waals surface area contributed by atoms with Crippen LogP contribution in [0.2, 0.25) is 0 Å². The molecule has 0 aromatic heterocycles. The molecule has 1 unspecified atom stereocenters. The molecule has 3 aromatic rings. The first-order valence-corrected chi connectivity index (χ1v) is 14.6. The van der Waals surface area contributed by atoms with Crippen molar-refractivity contribution in [3.63, 3.8) is 0 Å². The highest BCUT2D eigenvalue weighted by atomic mass is 79.9. The Bertz CT molecular complexity index is 1310. The van der Waals surface area contributed by atoms with Crippen molar-refractivity contribution in [2.24, 2.45) is 0 Å². The number of aryl methyl sites for hydroxylation is 1. The van der Waals surface area contributed by atoms with Crippen LogP contribution in [0, 0.1) is 0 Å². The summed E-state index contributed by atoms with van der Waals surface area (Å²) < 4.78 is 27.5. The Morgan fingerprint density at radius 3 is 2.14 bits per heavy atom. The van der Waals surface area contributed by atoms with E-state index in [4.69, 9.17) is 0 Å². The van der Waals surface area contributed by atoms with Crippen LogP contribution < -0.4 is 9.62 Å². The summed E-state index contributed by atoms with van der Waals surface area (Å²) in [5.74, 6) is -0.806. The van der Waals surface area contributed by atoms with E-state index >= 15 is 0 Å². The van der Waals surface area contributed by atoms with Crippen LogP contribution in [0.15, 0.2) is 83.3 Å². The first kappa shape index (κ1) is 28.4. The third-order valence-electron chi connectivity index (χ3n) is 6.07. The fourth-order valence-electron chi connectivity index (χ4n) is 4.06. The minimum absolute atomic E-state index is 0.134. The predicted octanol–water partition coefficient (Wildman–Crippen LogP) is 4.16. The molecule has 1 N–H and O–H groups in total. The number of rotatable bonds is 11. The van der Waals surface area contributed by atoms with Gasteiger partial charge in [0.25, 0.3) is 0 Å². The second-order valence-corrected chi connectivity index (χ2v) is 11.6. The SMILES string of the molecule is CCc1ccc(N(CC(=O)N(Cc2cccc(Br)c2)C(Cc2ccccc2)C(=O)NC)S(C)(=O)=O)cc1. The van der Waals surface area contributed by atoms with Crippen molar-refractivity contribution in [2.45, 2.75) is 32.4 Å². The fourth-order valence-corrected chi connectivity index (χ4v) is 5.36. The Labute approximate surface area is 227 Å². The Hall–Kier alpha value is -3.17. The van der Waals surface area contributed by atoms with Crippen LogP contribution in [0.1, 0.15) is 23.6 Å². The average molecular weight is 587 g/mol. The number of halogens is 1. The zero-order chi connectivity index (χ0) is 27.0. The van der Waals surface area contributed by atoms with Gasteiger partial charge in [-0.25, -0.2) is 8.42 Å². The molecule has 0 aliphatic heterocycles. The summed E-state index contributed by atoms with van der Waals surface area (Å²) >= 11 is 3.46. The molecule has 7 nitrogen and oxygen atoms in total. The molecule has 0 bridgehead atoms. The van der Waals surface area contributed by atoms with Crippen LogP contribution in [-0.4, -0.2) is 51.0 Å². The number of carbonyl (C=O) groups is 2. The van der Waals surface area contributed by atoms with Crippen LogP contribution in [0.4, 0.5) is 5.69 Å². The van der Waals surface area contributed by atoms with E-state index in [-0.39, 0.29) is 18.9 Å². The lowest BCUT2D eigenvalue weighted by atomic mass is 10.0. The van der Waals surface area contributed by atoms with Gasteiger partial charge in [-0.1, -0.05) is 77.5 Å². The smallest absolute Gasteiger partial charge is 0.244 e. The fraction of sp³-hybridized carbons (Fsp3) is 0.286. The van der Waals surface area contributed by atoms with Crippen molar-refractivity contribution >= 4 is 43.5 Å². The van der Waals surface area contributed by atoms with Gasteiger partial charge in [0, 0.05) is 24.5 Å². The van der Waals surface area contributed by atoms with Gasteiger partial charge in [-0.15, -0.1) is 0 Å². The van der Waals surface area contributed by atoms with Crippen LogP contribution in [-0.2, 0) is 39.0 Å². The van der Waals surface area contributed by atoms with E-state index in [1.807, 2.05) is 73.7 Å². The molecular weight excluding hydrogens is 554 g/mol. The molecule has 0 aliphatic rings. The second kappa shape index (κ2) is 12.9. The second-order valence-electron chi connectivity index (χ2n) is 8.76. The Morgan fingerprint density at radius 2 is 1.57 bits per heavy atom. The third kappa shape index (κ3) is 7.90. The van der Waals surface area contributed by atoms with Gasteiger partial charge in [-0.2, -0.15) is 0 Å². The topological polar surface area (TPSA) is 86.8 Å². The Kier molecular flexibility index (Phi) is 9.88. The van der Waals surface area contributed by atoms with Gasteiger partial charge in [-0.3, -0.25) is 13.9 Å². The summed E-state index contributed by atoms with van der Waals surface area (Å²) in [7, 11) is -2.25. The van der Waals surface area contributed by atoms with E-state index < -0.39 is 28.5 Å². The minimum Gasteiger partial charge on any atom is -0.357 e. The highest BCUT2D eigenvalue weighted by Gasteiger charge is 2.32. The molecule has 3 aromatic carbocycles. The highest BCUT2D eigenvalue weighted by molar-refractivity contribution is 9.10. The summed E-state index contributed by atoms with van der Waals surface area (Å²) in [4.78, 5) is 28.4. The lowest BCUT2D eigenvalue weighted by Gasteiger charge is -2.33. The standard InChI is InChI=1S/C28H32BrN3O4S/c1-4-21-13-15-25(16-14-21)32(37(3,35)36)20-27(33)31(19-23-11-8-12-24(29)17-23)26(28(34)30-2)18-22-9-6-5-7-10-22/h5-17,26H,4,18-20H2,1-3H3,(H,30,34). The molecule has 0 heterocycles. The number of benzene rings is 3. The molecule has 1 atom stereocenters.